The van der Waals surface area contributed by atoms with E-state index in [9.17, 15) is 14.0 Å². The van der Waals surface area contributed by atoms with Crippen molar-refractivity contribution in [3.8, 4) is 0 Å². The average molecular weight is 377 g/mol. The van der Waals surface area contributed by atoms with Crippen LogP contribution in [0.25, 0.3) is 0 Å². The van der Waals surface area contributed by atoms with Crippen molar-refractivity contribution in [2.24, 2.45) is 0 Å². The smallest absolute Gasteiger partial charge is 0.252 e. The Labute approximate surface area is 157 Å². The van der Waals surface area contributed by atoms with Crippen LogP contribution in [0.5, 0.6) is 0 Å². The lowest BCUT2D eigenvalue weighted by Crippen LogP contribution is -2.35. The molecule has 0 spiro atoms. The van der Waals surface area contributed by atoms with Crippen LogP contribution < -0.4 is 10.6 Å². The minimum absolute atomic E-state index is 0.0430. The minimum Gasteiger partial charge on any atom is -0.354 e. The first-order valence-electron chi connectivity index (χ1n) is 8.52. The topological polar surface area (TPSA) is 58.2 Å². The molecule has 2 rings (SSSR count). The van der Waals surface area contributed by atoms with Gasteiger partial charge in [-0.15, -0.1) is 0 Å². The van der Waals surface area contributed by atoms with E-state index >= 15 is 0 Å². The quantitative estimate of drug-likeness (QED) is 0.737. The molecule has 2 amide bonds. The zero-order valence-corrected chi connectivity index (χ0v) is 15.4. The highest BCUT2D eigenvalue weighted by atomic mass is 35.5. The number of hydrogen-bond acceptors (Lipinski definition) is 2. The largest absolute Gasteiger partial charge is 0.354 e. The summed E-state index contributed by atoms with van der Waals surface area (Å²) in [6.07, 6.45) is 1.90. The second-order valence-corrected chi connectivity index (χ2v) is 6.53. The molecule has 1 unspecified atom stereocenters. The van der Waals surface area contributed by atoms with E-state index in [2.05, 4.69) is 22.8 Å². The number of carbonyl (C=O) groups excluding carboxylic acids is 2. The number of nitrogens with one attached hydrogen (secondary N) is 2. The molecule has 26 heavy (non-hydrogen) atoms. The third kappa shape index (κ3) is 6.48. The highest BCUT2D eigenvalue weighted by Gasteiger charge is 2.12. The number of rotatable bonds is 8. The number of benzene rings is 2. The average Bonchev–Trinajstić information content (AvgIpc) is 2.60. The maximum Gasteiger partial charge on any atom is 0.252 e. The lowest BCUT2D eigenvalue weighted by Gasteiger charge is -2.14. The van der Waals surface area contributed by atoms with Crippen molar-refractivity contribution >= 4 is 23.4 Å². The highest BCUT2D eigenvalue weighted by molar-refractivity contribution is 6.33. The molecule has 0 aliphatic rings. The van der Waals surface area contributed by atoms with Crippen LogP contribution in [0.4, 0.5) is 4.39 Å². The van der Waals surface area contributed by atoms with Gasteiger partial charge < -0.3 is 10.6 Å². The molecule has 0 radical (unpaired) electrons. The summed E-state index contributed by atoms with van der Waals surface area (Å²) < 4.78 is 13.0. The Morgan fingerprint density at radius 3 is 2.58 bits per heavy atom. The predicted molar refractivity (Wildman–Crippen MR) is 101 cm³/mol. The van der Waals surface area contributed by atoms with Crippen molar-refractivity contribution in [2.45, 2.75) is 32.2 Å². The Bertz CT molecular complexity index is 753. The molecule has 2 aromatic rings. The van der Waals surface area contributed by atoms with E-state index < -0.39 is 11.7 Å². The maximum absolute atomic E-state index is 13.0. The van der Waals surface area contributed by atoms with Crippen LogP contribution in [0.2, 0.25) is 5.02 Å². The van der Waals surface area contributed by atoms with Gasteiger partial charge >= 0.3 is 0 Å². The minimum atomic E-state index is -0.504. The van der Waals surface area contributed by atoms with Crippen LogP contribution in [-0.2, 0) is 11.2 Å². The van der Waals surface area contributed by atoms with E-state index in [1.54, 1.807) is 0 Å². The summed E-state index contributed by atoms with van der Waals surface area (Å²) in [7, 11) is 0. The fraction of sp³-hybridized carbons (Fsp3) is 0.300. The van der Waals surface area contributed by atoms with Crippen LogP contribution in [0.15, 0.2) is 48.5 Å². The zero-order valence-electron chi connectivity index (χ0n) is 14.6. The highest BCUT2D eigenvalue weighted by Crippen LogP contribution is 2.16. The molecule has 0 bridgehead atoms. The van der Waals surface area contributed by atoms with Crippen molar-refractivity contribution in [1.82, 2.24) is 10.6 Å². The van der Waals surface area contributed by atoms with Crippen LogP contribution in [-0.4, -0.2) is 24.4 Å². The van der Waals surface area contributed by atoms with E-state index in [0.29, 0.717) is 0 Å². The molecular formula is C20H22ClFN2O2. The van der Waals surface area contributed by atoms with Gasteiger partial charge in [-0.25, -0.2) is 4.39 Å². The SMILES string of the molecule is CC(CCc1ccccc1)NC(=O)CCNC(=O)c1ccc(F)cc1Cl. The Kier molecular flexibility index (Phi) is 7.60. The lowest BCUT2D eigenvalue weighted by atomic mass is 10.1. The molecule has 0 aliphatic carbocycles. The molecule has 0 aromatic heterocycles. The van der Waals surface area contributed by atoms with Crippen LogP contribution >= 0.6 is 11.6 Å². The van der Waals surface area contributed by atoms with Crippen molar-refractivity contribution in [2.75, 3.05) is 6.54 Å². The molecule has 6 heteroatoms. The molecule has 0 aliphatic heterocycles. The normalized spacial score (nSPS) is 11.7. The van der Waals surface area contributed by atoms with E-state index in [1.807, 2.05) is 25.1 Å². The molecular weight excluding hydrogens is 355 g/mol. The molecule has 2 N–H and O–H groups in total. The zero-order chi connectivity index (χ0) is 18.9. The number of amides is 2. The molecule has 4 nitrogen and oxygen atoms in total. The number of carbonyl (C=O) groups is 2. The number of halogens is 2. The first-order chi connectivity index (χ1) is 12.5. The maximum atomic E-state index is 13.0. The van der Waals surface area contributed by atoms with Gasteiger partial charge in [0, 0.05) is 19.0 Å². The van der Waals surface area contributed by atoms with Crippen molar-refractivity contribution in [3.63, 3.8) is 0 Å². The molecule has 0 heterocycles. The Hall–Kier alpha value is -2.40. The predicted octanol–water partition coefficient (Wildman–Crippen LogP) is 3.74. The van der Waals surface area contributed by atoms with Crippen LogP contribution in [0.1, 0.15) is 35.7 Å². The molecule has 0 saturated carbocycles. The third-order valence-electron chi connectivity index (χ3n) is 3.93. The second-order valence-electron chi connectivity index (χ2n) is 6.12. The Morgan fingerprint density at radius 2 is 1.88 bits per heavy atom. The van der Waals surface area contributed by atoms with Gasteiger partial charge in [0.1, 0.15) is 5.82 Å². The fourth-order valence-electron chi connectivity index (χ4n) is 2.51. The number of hydrogen-bond donors (Lipinski definition) is 2. The summed E-state index contributed by atoms with van der Waals surface area (Å²) in [4.78, 5) is 23.9. The van der Waals surface area contributed by atoms with Crippen LogP contribution in [0, 0.1) is 5.82 Å². The molecule has 2 aromatic carbocycles. The summed E-state index contributed by atoms with van der Waals surface area (Å²) in [5, 5.41) is 5.57. The van der Waals surface area contributed by atoms with Crippen molar-refractivity contribution < 1.29 is 14.0 Å². The van der Waals surface area contributed by atoms with Gasteiger partial charge in [-0.2, -0.15) is 0 Å². The molecule has 138 valence electrons. The summed E-state index contributed by atoms with van der Waals surface area (Å²) >= 11 is 5.84. The van der Waals surface area contributed by atoms with Gasteiger partial charge in [-0.05, 0) is 43.5 Å². The number of aryl methyl sites for hydroxylation is 1. The summed E-state index contributed by atoms with van der Waals surface area (Å²) in [5.41, 5.74) is 1.42. The van der Waals surface area contributed by atoms with Gasteiger partial charge in [-0.3, -0.25) is 9.59 Å². The Morgan fingerprint density at radius 1 is 1.15 bits per heavy atom. The third-order valence-corrected chi connectivity index (χ3v) is 4.24. The van der Waals surface area contributed by atoms with E-state index in [-0.39, 0.29) is 35.5 Å². The van der Waals surface area contributed by atoms with Gasteiger partial charge in [0.05, 0.1) is 10.6 Å². The van der Waals surface area contributed by atoms with Crippen LogP contribution in [0.3, 0.4) is 0 Å². The van der Waals surface area contributed by atoms with Crippen molar-refractivity contribution in [3.05, 3.63) is 70.5 Å². The summed E-state index contributed by atoms with van der Waals surface area (Å²) in [6, 6.07) is 13.7. The van der Waals surface area contributed by atoms with E-state index in [1.165, 1.54) is 17.7 Å². The lowest BCUT2D eigenvalue weighted by molar-refractivity contribution is -0.121. The monoisotopic (exact) mass is 376 g/mol. The fourth-order valence-corrected chi connectivity index (χ4v) is 2.76. The van der Waals surface area contributed by atoms with Gasteiger partial charge in [-0.1, -0.05) is 41.9 Å². The van der Waals surface area contributed by atoms with Gasteiger partial charge in [0.25, 0.3) is 5.91 Å². The molecule has 0 saturated heterocycles. The Balaban J connectivity index is 1.68. The van der Waals surface area contributed by atoms with E-state index in [4.69, 9.17) is 11.6 Å². The second kappa shape index (κ2) is 9.92. The summed E-state index contributed by atoms with van der Waals surface area (Å²) in [6.45, 7) is 2.14. The van der Waals surface area contributed by atoms with Crippen molar-refractivity contribution in [1.29, 1.82) is 0 Å². The van der Waals surface area contributed by atoms with Gasteiger partial charge in [0.15, 0.2) is 0 Å². The molecule has 0 fully saturated rings. The first-order valence-corrected chi connectivity index (χ1v) is 8.90. The first kappa shape index (κ1) is 19.9. The standard InChI is InChI=1S/C20H22ClFN2O2/c1-14(7-8-15-5-3-2-4-6-15)24-19(25)11-12-23-20(26)17-10-9-16(22)13-18(17)21/h2-6,9-10,13-14H,7-8,11-12H2,1H3,(H,23,26)(H,24,25). The molecule has 1 atom stereocenters. The van der Waals surface area contributed by atoms with Gasteiger partial charge in [0.2, 0.25) is 5.91 Å². The van der Waals surface area contributed by atoms with E-state index in [0.717, 1.165) is 18.9 Å². The summed E-state index contributed by atoms with van der Waals surface area (Å²) in [5.74, 6) is -1.06.